The van der Waals surface area contributed by atoms with Crippen molar-refractivity contribution in [3.8, 4) is 0 Å². The van der Waals surface area contributed by atoms with Crippen LogP contribution < -0.4 is 0 Å². The summed E-state index contributed by atoms with van der Waals surface area (Å²) in [6.07, 6.45) is -1.00. The number of hydrogen-bond acceptors (Lipinski definition) is 3. The highest BCUT2D eigenvalue weighted by Gasteiger charge is 2.68. The molecule has 2 fully saturated rings. The summed E-state index contributed by atoms with van der Waals surface area (Å²) in [5.41, 5.74) is 0.0657. The van der Waals surface area contributed by atoms with Crippen molar-refractivity contribution in [3.05, 3.63) is 0 Å². The van der Waals surface area contributed by atoms with Crippen LogP contribution in [0.25, 0.3) is 0 Å². The number of carbonyl (C=O) groups excluding carboxylic acids is 1. The summed E-state index contributed by atoms with van der Waals surface area (Å²) >= 11 is 0. The monoisotopic (exact) mass is 241 g/mol. The average molecular weight is 241 g/mol. The molecule has 0 bridgehead atoms. The van der Waals surface area contributed by atoms with Crippen LogP contribution in [0.15, 0.2) is 0 Å². The predicted octanol–water partition coefficient (Wildman–Crippen LogP) is 0.623. The highest BCUT2D eigenvalue weighted by molar-refractivity contribution is 5.84. The third kappa shape index (κ3) is 1.78. The van der Waals surface area contributed by atoms with Gasteiger partial charge in [0.1, 0.15) is 0 Å². The van der Waals surface area contributed by atoms with E-state index in [1.807, 2.05) is 0 Å². The Kier molecular flexibility index (Phi) is 2.79. The van der Waals surface area contributed by atoms with Crippen molar-refractivity contribution in [2.45, 2.75) is 46.3 Å². The van der Waals surface area contributed by atoms with Gasteiger partial charge >= 0.3 is 0 Å². The van der Waals surface area contributed by atoms with Gasteiger partial charge in [-0.05, 0) is 17.3 Å². The zero-order valence-electron chi connectivity index (χ0n) is 11.1. The molecule has 1 heterocycles. The second kappa shape index (κ2) is 3.69. The number of β-amino-alcohol motifs (C(OH)–C–C–N with tert-alkyl or cyclic N) is 1. The van der Waals surface area contributed by atoms with Crippen LogP contribution >= 0.6 is 0 Å². The van der Waals surface area contributed by atoms with Crippen molar-refractivity contribution >= 4 is 5.91 Å². The molecule has 0 aromatic carbocycles. The molecule has 98 valence electrons. The first-order valence-corrected chi connectivity index (χ1v) is 6.34. The van der Waals surface area contributed by atoms with E-state index in [-0.39, 0.29) is 29.2 Å². The quantitative estimate of drug-likeness (QED) is 0.707. The normalized spacial score (nSPS) is 35.8. The largest absolute Gasteiger partial charge is 0.390 e. The van der Waals surface area contributed by atoms with E-state index in [1.54, 1.807) is 4.90 Å². The number of rotatable bonds is 1. The van der Waals surface area contributed by atoms with Gasteiger partial charge in [-0.1, -0.05) is 27.7 Å². The molecule has 1 amide bonds. The first-order valence-electron chi connectivity index (χ1n) is 6.34. The van der Waals surface area contributed by atoms with Gasteiger partial charge in [-0.15, -0.1) is 0 Å². The highest BCUT2D eigenvalue weighted by atomic mass is 16.3. The lowest BCUT2D eigenvalue weighted by atomic mass is 10.0. The summed E-state index contributed by atoms with van der Waals surface area (Å²) in [5.74, 6) is 0.170. The summed E-state index contributed by atoms with van der Waals surface area (Å²) in [6.45, 7) is 9.29. The van der Waals surface area contributed by atoms with Crippen molar-refractivity contribution < 1.29 is 15.0 Å². The molecule has 4 nitrogen and oxygen atoms in total. The van der Waals surface area contributed by atoms with Crippen LogP contribution in [0.4, 0.5) is 0 Å². The second-order valence-corrected chi connectivity index (χ2v) is 6.58. The van der Waals surface area contributed by atoms with Gasteiger partial charge in [-0.2, -0.15) is 0 Å². The van der Waals surface area contributed by atoms with E-state index in [0.717, 1.165) is 0 Å². The fourth-order valence-electron chi connectivity index (χ4n) is 3.12. The van der Waals surface area contributed by atoms with Crippen molar-refractivity contribution in [1.82, 2.24) is 4.90 Å². The standard InChI is InChI=1S/C13H23NO3/c1-12(2)10(13(12,3)4)11(17)14-6-5-8(15)9(16)7-14/h8-10,15-16H,5-7H2,1-4H3/t8-,9+/m0/s1. The van der Waals surface area contributed by atoms with Crippen molar-refractivity contribution in [2.24, 2.45) is 16.7 Å². The van der Waals surface area contributed by atoms with Gasteiger partial charge in [0, 0.05) is 19.0 Å². The minimum Gasteiger partial charge on any atom is -0.390 e. The Hall–Kier alpha value is -0.610. The Balaban J connectivity index is 2.04. The summed E-state index contributed by atoms with van der Waals surface area (Å²) < 4.78 is 0. The number of aliphatic hydroxyl groups excluding tert-OH is 2. The lowest BCUT2D eigenvalue weighted by Crippen LogP contribution is -2.49. The predicted molar refractivity (Wildman–Crippen MR) is 64.3 cm³/mol. The van der Waals surface area contributed by atoms with E-state index < -0.39 is 12.2 Å². The molecule has 2 aliphatic rings. The summed E-state index contributed by atoms with van der Waals surface area (Å²) in [5, 5.41) is 19.1. The van der Waals surface area contributed by atoms with E-state index in [2.05, 4.69) is 27.7 Å². The highest BCUT2D eigenvalue weighted by Crippen LogP contribution is 2.68. The Morgan fingerprint density at radius 2 is 1.65 bits per heavy atom. The number of piperidine rings is 1. The molecular formula is C13H23NO3. The van der Waals surface area contributed by atoms with Crippen molar-refractivity contribution in [3.63, 3.8) is 0 Å². The van der Waals surface area contributed by atoms with Gasteiger partial charge in [0.25, 0.3) is 0 Å². The first-order chi connectivity index (χ1) is 7.69. The molecule has 1 saturated heterocycles. The zero-order valence-corrected chi connectivity index (χ0v) is 11.1. The molecule has 0 radical (unpaired) electrons. The van der Waals surface area contributed by atoms with Crippen molar-refractivity contribution in [1.29, 1.82) is 0 Å². The number of hydrogen-bond donors (Lipinski definition) is 2. The van der Waals surface area contributed by atoms with Crippen molar-refractivity contribution in [2.75, 3.05) is 13.1 Å². The fourth-order valence-corrected chi connectivity index (χ4v) is 3.12. The number of likely N-dealkylation sites (tertiary alicyclic amines) is 1. The minimum atomic E-state index is -0.794. The first kappa shape index (κ1) is 12.8. The third-order valence-corrected chi connectivity index (χ3v) is 5.13. The van der Waals surface area contributed by atoms with Gasteiger partial charge in [-0.25, -0.2) is 0 Å². The molecule has 0 aromatic heterocycles. The molecule has 2 N–H and O–H groups in total. The Morgan fingerprint density at radius 1 is 1.12 bits per heavy atom. The molecular weight excluding hydrogens is 218 g/mol. The Bertz CT molecular complexity index is 324. The molecule has 0 unspecified atom stereocenters. The summed E-state index contributed by atoms with van der Waals surface area (Å²) in [4.78, 5) is 14.1. The number of nitrogens with zero attached hydrogens (tertiary/aromatic N) is 1. The minimum absolute atomic E-state index is 0.0328. The van der Waals surface area contributed by atoms with Crippen LogP contribution in [0.3, 0.4) is 0 Å². The molecule has 17 heavy (non-hydrogen) atoms. The molecule has 2 rings (SSSR count). The van der Waals surface area contributed by atoms with Gasteiger partial charge in [0.2, 0.25) is 5.91 Å². The SMILES string of the molecule is CC1(C)C(C(=O)N2CC[C@H](O)[C@H](O)C2)C1(C)C. The molecule has 1 aliphatic carbocycles. The average Bonchev–Trinajstić information content (AvgIpc) is 2.61. The molecule has 0 aromatic rings. The van der Waals surface area contributed by atoms with Crippen LogP contribution in [0.2, 0.25) is 0 Å². The van der Waals surface area contributed by atoms with Gasteiger partial charge in [-0.3, -0.25) is 4.79 Å². The van der Waals surface area contributed by atoms with Crippen LogP contribution in [0, 0.1) is 16.7 Å². The van der Waals surface area contributed by atoms with Crippen LogP contribution in [0.5, 0.6) is 0 Å². The Morgan fingerprint density at radius 3 is 2.06 bits per heavy atom. The van der Waals surface area contributed by atoms with Crippen LogP contribution in [-0.2, 0) is 4.79 Å². The molecule has 0 spiro atoms. The molecule has 1 saturated carbocycles. The van der Waals surface area contributed by atoms with Gasteiger partial charge in [0.05, 0.1) is 12.2 Å². The Labute approximate surface area is 103 Å². The van der Waals surface area contributed by atoms with Crippen LogP contribution in [0.1, 0.15) is 34.1 Å². The van der Waals surface area contributed by atoms with E-state index in [0.29, 0.717) is 13.0 Å². The van der Waals surface area contributed by atoms with E-state index in [9.17, 15) is 15.0 Å². The van der Waals surface area contributed by atoms with Gasteiger partial charge in [0.15, 0.2) is 0 Å². The van der Waals surface area contributed by atoms with E-state index >= 15 is 0 Å². The second-order valence-electron chi connectivity index (χ2n) is 6.58. The van der Waals surface area contributed by atoms with Gasteiger partial charge < -0.3 is 15.1 Å². The molecule has 2 atom stereocenters. The number of aliphatic hydroxyl groups is 2. The lowest BCUT2D eigenvalue weighted by Gasteiger charge is -2.34. The molecule has 1 aliphatic heterocycles. The number of carbonyl (C=O) groups is 1. The summed E-state index contributed by atoms with van der Waals surface area (Å²) in [6, 6.07) is 0. The maximum absolute atomic E-state index is 12.4. The smallest absolute Gasteiger partial charge is 0.226 e. The number of amides is 1. The third-order valence-electron chi connectivity index (χ3n) is 5.13. The topological polar surface area (TPSA) is 60.8 Å². The lowest BCUT2D eigenvalue weighted by molar-refractivity contribution is -0.140. The van der Waals surface area contributed by atoms with E-state index in [4.69, 9.17) is 0 Å². The maximum Gasteiger partial charge on any atom is 0.226 e. The molecule has 4 heteroatoms. The fraction of sp³-hybridized carbons (Fsp3) is 0.923. The maximum atomic E-state index is 12.4. The summed E-state index contributed by atoms with van der Waals surface area (Å²) in [7, 11) is 0. The van der Waals surface area contributed by atoms with Crippen LogP contribution in [-0.4, -0.2) is 46.3 Å². The van der Waals surface area contributed by atoms with E-state index in [1.165, 1.54) is 0 Å². The zero-order chi connectivity index (χ0) is 13.0.